The largest absolute Gasteiger partial charge is 0.492 e. The van der Waals surface area contributed by atoms with E-state index in [1.54, 1.807) is 6.20 Å². The van der Waals surface area contributed by atoms with Crippen molar-refractivity contribution in [3.8, 4) is 5.75 Å². The zero-order chi connectivity index (χ0) is 20.6. The Morgan fingerprint density at radius 2 is 1.57 bits per heavy atom. The predicted octanol–water partition coefficient (Wildman–Crippen LogP) is 4.95. The Balaban J connectivity index is 1.32. The van der Waals surface area contributed by atoms with Gasteiger partial charge in [-0.3, -0.25) is 9.78 Å². The first-order valence-corrected chi connectivity index (χ1v) is 10.1. The molecule has 150 valence electrons. The highest BCUT2D eigenvalue weighted by atomic mass is 16.5. The minimum absolute atomic E-state index is 0.0130. The number of carbonyl (C=O) groups is 1. The molecule has 0 bridgehead atoms. The number of pyridine rings is 1. The maximum atomic E-state index is 12.6. The van der Waals surface area contributed by atoms with Gasteiger partial charge in [0.15, 0.2) is 0 Å². The SMILES string of the molecule is O=C(CC(c1ccccc1)c1ccccc1)NCCOc1ccc2ncccc2c1. The van der Waals surface area contributed by atoms with Gasteiger partial charge in [0.2, 0.25) is 5.91 Å². The average molecular weight is 396 g/mol. The summed E-state index contributed by atoms with van der Waals surface area (Å²) in [5.41, 5.74) is 3.21. The Labute approximate surface area is 176 Å². The average Bonchev–Trinajstić information content (AvgIpc) is 2.81. The van der Waals surface area contributed by atoms with Gasteiger partial charge in [-0.05, 0) is 35.4 Å². The van der Waals surface area contributed by atoms with E-state index in [4.69, 9.17) is 4.74 Å². The number of nitrogens with one attached hydrogen (secondary N) is 1. The molecule has 0 aliphatic rings. The van der Waals surface area contributed by atoms with Crippen LogP contribution in [0.3, 0.4) is 0 Å². The molecule has 4 heteroatoms. The highest BCUT2D eigenvalue weighted by molar-refractivity contribution is 5.79. The molecule has 4 aromatic rings. The molecule has 0 aliphatic heterocycles. The fourth-order valence-corrected chi connectivity index (χ4v) is 3.56. The number of nitrogens with zero attached hydrogens (tertiary/aromatic N) is 1. The molecule has 0 spiro atoms. The summed E-state index contributed by atoms with van der Waals surface area (Å²) in [6, 6.07) is 30.0. The smallest absolute Gasteiger partial charge is 0.221 e. The van der Waals surface area contributed by atoms with Gasteiger partial charge in [-0.2, -0.15) is 0 Å². The van der Waals surface area contributed by atoms with Gasteiger partial charge in [0.1, 0.15) is 12.4 Å². The number of hydrogen-bond acceptors (Lipinski definition) is 3. The second-order valence-corrected chi connectivity index (χ2v) is 7.13. The lowest BCUT2D eigenvalue weighted by Gasteiger charge is -2.18. The molecule has 0 unspecified atom stereocenters. The summed E-state index contributed by atoms with van der Waals surface area (Å²) in [7, 11) is 0. The number of fused-ring (bicyclic) bond motifs is 1. The van der Waals surface area contributed by atoms with Crippen molar-refractivity contribution >= 4 is 16.8 Å². The molecule has 0 saturated heterocycles. The van der Waals surface area contributed by atoms with E-state index in [1.165, 1.54) is 0 Å². The summed E-state index contributed by atoms with van der Waals surface area (Å²) >= 11 is 0. The van der Waals surface area contributed by atoms with Crippen LogP contribution in [-0.4, -0.2) is 24.0 Å². The summed E-state index contributed by atoms with van der Waals surface area (Å²) in [5, 5.41) is 4.02. The van der Waals surface area contributed by atoms with Crippen molar-refractivity contribution in [1.29, 1.82) is 0 Å². The van der Waals surface area contributed by atoms with Crippen molar-refractivity contribution in [1.82, 2.24) is 10.3 Å². The molecule has 1 N–H and O–H groups in total. The number of hydrogen-bond donors (Lipinski definition) is 1. The van der Waals surface area contributed by atoms with Crippen molar-refractivity contribution in [2.45, 2.75) is 12.3 Å². The van der Waals surface area contributed by atoms with Crippen molar-refractivity contribution < 1.29 is 9.53 Å². The highest BCUT2D eigenvalue weighted by Gasteiger charge is 2.17. The minimum atomic E-state index is 0.0130. The summed E-state index contributed by atoms with van der Waals surface area (Å²) < 4.78 is 5.80. The Bertz CT molecular complexity index is 1060. The van der Waals surface area contributed by atoms with Crippen LogP contribution in [0.25, 0.3) is 10.9 Å². The summed E-state index contributed by atoms with van der Waals surface area (Å²) in [4.78, 5) is 16.9. The quantitative estimate of drug-likeness (QED) is 0.429. The van der Waals surface area contributed by atoms with Crippen LogP contribution >= 0.6 is 0 Å². The van der Waals surface area contributed by atoms with Crippen LogP contribution in [0.4, 0.5) is 0 Å². The minimum Gasteiger partial charge on any atom is -0.492 e. The monoisotopic (exact) mass is 396 g/mol. The van der Waals surface area contributed by atoms with E-state index in [-0.39, 0.29) is 11.8 Å². The molecular formula is C26H24N2O2. The molecule has 0 saturated carbocycles. The zero-order valence-corrected chi connectivity index (χ0v) is 16.7. The number of aromatic nitrogens is 1. The van der Waals surface area contributed by atoms with Gasteiger partial charge in [0.05, 0.1) is 12.1 Å². The van der Waals surface area contributed by atoms with E-state index in [0.29, 0.717) is 19.6 Å². The van der Waals surface area contributed by atoms with Crippen LogP contribution in [-0.2, 0) is 4.79 Å². The first-order chi connectivity index (χ1) is 14.8. The van der Waals surface area contributed by atoms with E-state index in [0.717, 1.165) is 27.8 Å². The molecule has 0 aliphatic carbocycles. The normalized spacial score (nSPS) is 10.8. The van der Waals surface area contributed by atoms with E-state index in [1.807, 2.05) is 66.7 Å². The number of benzene rings is 3. The third kappa shape index (κ3) is 5.03. The summed E-state index contributed by atoms with van der Waals surface area (Å²) in [6.45, 7) is 0.874. The highest BCUT2D eigenvalue weighted by Crippen LogP contribution is 2.27. The molecule has 4 rings (SSSR count). The second-order valence-electron chi connectivity index (χ2n) is 7.13. The summed E-state index contributed by atoms with van der Waals surface area (Å²) in [5.74, 6) is 0.816. The number of amides is 1. The lowest BCUT2D eigenvalue weighted by atomic mass is 9.88. The van der Waals surface area contributed by atoms with E-state index in [2.05, 4.69) is 34.6 Å². The lowest BCUT2D eigenvalue weighted by Crippen LogP contribution is -2.29. The van der Waals surface area contributed by atoms with Gasteiger partial charge in [-0.1, -0.05) is 66.7 Å². The second kappa shape index (κ2) is 9.70. The lowest BCUT2D eigenvalue weighted by molar-refractivity contribution is -0.121. The standard InChI is InChI=1S/C26H24N2O2/c29-26(19-24(20-8-3-1-4-9-20)21-10-5-2-6-11-21)28-16-17-30-23-13-14-25-22(18-23)12-7-15-27-25/h1-15,18,24H,16-17,19H2,(H,28,29). The Hall–Kier alpha value is -3.66. The maximum Gasteiger partial charge on any atom is 0.221 e. The van der Waals surface area contributed by atoms with Crippen molar-refractivity contribution in [3.05, 3.63) is 108 Å². The van der Waals surface area contributed by atoms with Crippen LogP contribution in [0.1, 0.15) is 23.5 Å². The molecule has 1 aromatic heterocycles. The number of carbonyl (C=O) groups excluding carboxylic acids is 1. The third-order valence-corrected chi connectivity index (χ3v) is 5.06. The fourth-order valence-electron chi connectivity index (χ4n) is 3.56. The first kappa shape index (κ1) is 19.6. The number of rotatable bonds is 8. The maximum absolute atomic E-state index is 12.6. The van der Waals surface area contributed by atoms with Gasteiger partial charge >= 0.3 is 0 Å². The molecule has 4 nitrogen and oxygen atoms in total. The van der Waals surface area contributed by atoms with Crippen LogP contribution in [0.5, 0.6) is 5.75 Å². The molecule has 1 amide bonds. The fraction of sp³-hybridized carbons (Fsp3) is 0.154. The van der Waals surface area contributed by atoms with Gasteiger partial charge < -0.3 is 10.1 Å². The molecule has 1 heterocycles. The Morgan fingerprint density at radius 1 is 0.867 bits per heavy atom. The van der Waals surface area contributed by atoms with Crippen molar-refractivity contribution in [2.75, 3.05) is 13.2 Å². The van der Waals surface area contributed by atoms with Gasteiger partial charge in [0.25, 0.3) is 0 Å². The van der Waals surface area contributed by atoms with Gasteiger partial charge in [-0.15, -0.1) is 0 Å². The molecule has 3 aromatic carbocycles. The van der Waals surface area contributed by atoms with Crippen LogP contribution in [0.15, 0.2) is 97.2 Å². The molecule has 0 atom stereocenters. The summed E-state index contributed by atoms with van der Waals surface area (Å²) in [6.07, 6.45) is 2.17. The third-order valence-electron chi connectivity index (χ3n) is 5.06. The van der Waals surface area contributed by atoms with E-state index >= 15 is 0 Å². The Kier molecular flexibility index (Phi) is 6.35. The van der Waals surface area contributed by atoms with Gasteiger partial charge in [-0.25, -0.2) is 0 Å². The van der Waals surface area contributed by atoms with E-state index < -0.39 is 0 Å². The predicted molar refractivity (Wildman–Crippen MR) is 120 cm³/mol. The number of ether oxygens (including phenoxy) is 1. The van der Waals surface area contributed by atoms with Crippen LogP contribution in [0.2, 0.25) is 0 Å². The molecule has 0 fully saturated rings. The topological polar surface area (TPSA) is 51.2 Å². The molecular weight excluding hydrogens is 372 g/mol. The first-order valence-electron chi connectivity index (χ1n) is 10.1. The van der Waals surface area contributed by atoms with Crippen LogP contribution < -0.4 is 10.1 Å². The van der Waals surface area contributed by atoms with Crippen molar-refractivity contribution in [3.63, 3.8) is 0 Å². The van der Waals surface area contributed by atoms with Gasteiger partial charge in [0, 0.05) is 23.9 Å². The Morgan fingerprint density at radius 3 is 2.27 bits per heavy atom. The van der Waals surface area contributed by atoms with Crippen molar-refractivity contribution in [2.24, 2.45) is 0 Å². The zero-order valence-electron chi connectivity index (χ0n) is 16.7. The van der Waals surface area contributed by atoms with E-state index in [9.17, 15) is 4.79 Å². The van der Waals surface area contributed by atoms with Crippen LogP contribution in [0, 0.1) is 0 Å². The molecule has 30 heavy (non-hydrogen) atoms. The molecule has 0 radical (unpaired) electrons.